The van der Waals surface area contributed by atoms with Crippen molar-refractivity contribution in [3.8, 4) is 5.75 Å². The largest absolute Gasteiger partial charge is 0.481 e. The molecule has 18 heavy (non-hydrogen) atoms. The van der Waals surface area contributed by atoms with E-state index >= 15 is 0 Å². The molecule has 0 spiro atoms. The van der Waals surface area contributed by atoms with E-state index in [1.165, 1.54) is 6.07 Å². The van der Waals surface area contributed by atoms with Gasteiger partial charge >= 0.3 is 12.6 Å². The Morgan fingerprint density at radius 2 is 2.06 bits per heavy atom. The van der Waals surface area contributed by atoms with Crippen LogP contribution < -0.4 is 10.5 Å². The Balaban J connectivity index is 3.06. The van der Waals surface area contributed by atoms with Gasteiger partial charge in [-0.2, -0.15) is 8.78 Å². The third-order valence-corrected chi connectivity index (χ3v) is 2.56. The van der Waals surface area contributed by atoms with Gasteiger partial charge in [0.1, 0.15) is 5.75 Å². The number of hydrogen-bond donors (Lipinski definition) is 2. The summed E-state index contributed by atoms with van der Waals surface area (Å²) in [4.78, 5) is 10.8. The number of carbonyl (C=O) groups is 1. The lowest BCUT2D eigenvalue weighted by Crippen LogP contribution is -2.27. The van der Waals surface area contributed by atoms with Crippen LogP contribution in [0.25, 0.3) is 0 Å². The minimum Gasteiger partial charge on any atom is -0.481 e. The van der Waals surface area contributed by atoms with E-state index in [4.69, 9.17) is 10.8 Å². The van der Waals surface area contributed by atoms with Crippen LogP contribution in [0.15, 0.2) is 24.3 Å². The molecule has 4 nitrogen and oxygen atoms in total. The van der Waals surface area contributed by atoms with Crippen LogP contribution in [0.4, 0.5) is 8.78 Å². The highest BCUT2D eigenvalue weighted by atomic mass is 19.3. The van der Waals surface area contributed by atoms with E-state index in [1.807, 2.05) is 0 Å². The van der Waals surface area contributed by atoms with E-state index in [-0.39, 0.29) is 12.2 Å². The summed E-state index contributed by atoms with van der Waals surface area (Å²) in [6, 6.07) is 5.61. The maximum absolute atomic E-state index is 12.3. The van der Waals surface area contributed by atoms with Gasteiger partial charge < -0.3 is 15.6 Å². The molecule has 2 unspecified atom stereocenters. The van der Waals surface area contributed by atoms with Crippen molar-refractivity contribution in [2.24, 2.45) is 5.73 Å². The summed E-state index contributed by atoms with van der Waals surface area (Å²) < 4.78 is 28.9. The molecule has 3 N–H and O–H groups in total. The van der Waals surface area contributed by atoms with E-state index in [0.717, 1.165) is 0 Å². The molecule has 1 aromatic carbocycles. The molecule has 0 saturated heterocycles. The van der Waals surface area contributed by atoms with Crippen molar-refractivity contribution in [3.05, 3.63) is 29.8 Å². The number of carboxylic acids is 1. The van der Waals surface area contributed by atoms with Gasteiger partial charge in [-0.15, -0.1) is 0 Å². The maximum atomic E-state index is 12.3. The summed E-state index contributed by atoms with van der Waals surface area (Å²) >= 11 is 0. The predicted octanol–water partition coefficient (Wildman–Crippen LogP) is 2.19. The monoisotopic (exact) mass is 259 g/mol. The van der Waals surface area contributed by atoms with Crippen molar-refractivity contribution in [2.45, 2.75) is 31.9 Å². The maximum Gasteiger partial charge on any atom is 0.387 e. The number of rotatable bonds is 6. The van der Waals surface area contributed by atoms with E-state index in [1.54, 1.807) is 25.1 Å². The van der Waals surface area contributed by atoms with E-state index in [9.17, 15) is 13.6 Å². The van der Waals surface area contributed by atoms with Gasteiger partial charge in [0, 0.05) is 12.0 Å². The second-order valence-corrected chi connectivity index (χ2v) is 3.98. The molecule has 0 fully saturated rings. The molecule has 0 aromatic heterocycles. The fraction of sp³-hybridized carbons (Fsp3) is 0.417. The topological polar surface area (TPSA) is 72.6 Å². The van der Waals surface area contributed by atoms with Crippen LogP contribution >= 0.6 is 0 Å². The second kappa shape index (κ2) is 6.30. The zero-order valence-corrected chi connectivity index (χ0v) is 9.85. The molecule has 0 aliphatic heterocycles. The molecule has 1 rings (SSSR count). The molecule has 6 heteroatoms. The Hall–Kier alpha value is -1.69. The van der Waals surface area contributed by atoms with Gasteiger partial charge in [0.2, 0.25) is 0 Å². The SMILES string of the molecule is CC(N)C(CC(=O)O)c1ccccc1OC(F)F. The first-order valence-electron chi connectivity index (χ1n) is 5.43. The summed E-state index contributed by atoms with van der Waals surface area (Å²) in [6.07, 6.45) is -0.235. The van der Waals surface area contributed by atoms with Crippen molar-refractivity contribution in [1.29, 1.82) is 0 Å². The summed E-state index contributed by atoms with van der Waals surface area (Å²) in [5.41, 5.74) is 6.09. The Morgan fingerprint density at radius 1 is 1.44 bits per heavy atom. The van der Waals surface area contributed by atoms with Crippen molar-refractivity contribution in [3.63, 3.8) is 0 Å². The number of para-hydroxylation sites is 1. The Labute approximate surface area is 103 Å². The number of benzene rings is 1. The number of carboxylic acid groups (broad SMARTS) is 1. The molecule has 100 valence electrons. The molecular weight excluding hydrogens is 244 g/mol. The predicted molar refractivity (Wildman–Crippen MR) is 61.7 cm³/mol. The fourth-order valence-corrected chi connectivity index (χ4v) is 1.76. The average molecular weight is 259 g/mol. The van der Waals surface area contributed by atoms with Gasteiger partial charge in [-0.25, -0.2) is 0 Å². The molecule has 1 aromatic rings. The number of nitrogens with two attached hydrogens (primary N) is 1. The number of aliphatic carboxylic acids is 1. The average Bonchev–Trinajstić information content (AvgIpc) is 2.25. The highest BCUT2D eigenvalue weighted by molar-refractivity contribution is 5.68. The summed E-state index contributed by atoms with van der Waals surface area (Å²) in [5.74, 6) is -1.64. The normalized spacial score (nSPS) is 14.3. The van der Waals surface area contributed by atoms with Gasteiger partial charge in [-0.05, 0) is 18.6 Å². The molecule has 0 aliphatic rings. The van der Waals surface area contributed by atoms with Crippen molar-refractivity contribution < 1.29 is 23.4 Å². The van der Waals surface area contributed by atoms with Gasteiger partial charge in [0.05, 0.1) is 6.42 Å². The Morgan fingerprint density at radius 3 is 2.56 bits per heavy atom. The number of halogens is 2. The minimum absolute atomic E-state index is 0.0314. The van der Waals surface area contributed by atoms with Crippen LogP contribution in [0.3, 0.4) is 0 Å². The Kier molecular flexibility index (Phi) is 5.03. The highest BCUT2D eigenvalue weighted by Gasteiger charge is 2.23. The lowest BCUT2D eigenvalue weighted by atomic mass is 9.89. The van der Waals surface area contributed by atoms with Crippen LogP contribution in [-0.2, 0) is 4.79 Å². The molecular formula is C12H15F2NO3. The molecule has 0 bridgehead atoms. The van der Waals surface area contributed by atoms with Gasteiger partial charge in [0.15, 0.2) is 0 Å². The quantitative estimate of drug-likeness (QED) is 0.821. The van der Waals surface area contributed by atoms with Crippen LogP contribution in [0, 0.1) is 0 Å². The first kappa shape index (κ1) is 14.4. The van der Waals surface area contributed by atoms with Crippen LogP contribution in [0.2, 0.25) is 0 Å². The second-order valence-electron chi connectivity index (χ2n) is 3.98. The summed E-state index contributed by atoms with van der Waals surface area (Å²) in [7, 11) is 0. The Bertz CT molecular complexity index is 410. The van der Waals surface area contributed by atoms with Crippen molar-refractivity contribution in [2.75, 3.05) is 0 Å². The first-order valence-corrected chi connectivity index (χ1v) is 5.43. The summed E-state index contributed by atoms with van der Waals surface area (Å²) in [5, 5.41) is 8.82. The molecule has 0 saturated carbocycles. The van der Waals surface area contributed by atoms with E-state index in [0.29, 0.717) is 5.56 Å². The van der Waals surface area contributed by atoms with Crippen molar-refractivity contribution in [1.82, 2.24) is 0 Å². The third kappa shape index (κ3) is 3.96. The molecule has 0 aliphatic carbocycles. The first-order chi connectivity index (χ1) is 8.41. The third-order valence-electron chi connectivity index (χ3n) is 2.56. The molecule has 2 atom stereocenters. The number of ether oxygens (including phenoxy) is 1. The van der Waals surface area contributed by atoms with Crippen LogP contribution in [-0.4, -0.2) is 23.7 Å². The van der Waals surface area contributed by atoms with Crippen LogP contribution in [0.1, 0.15) is 24.8 Å². The van der Waals surface area contributed by atoms with Gasteiger partial charge in [0.25, 0.3) is 0 Å². The number of hydrogen-bond acceptors (Lipinski definition) is 3. The summed E-state index contributed by atoms with van der Waals surface area (Å²) in [6.45, 7) is -1.32. The van der Waals surface area contributed by atoms with E-state index in [2.05, 4.69) is 4.74 Å². The minimum atomic E-state index is -2.95. The lowest BCUT2D eigenvalue weighted by molar-refractivity contribution is -0.137. The van der Waals surface area contributed by atoms with E-state index < -0.39 is 24.5 Å². The van der Waals surface area contributed by atoms with Gasteiger partial charge in [-0.1, -0.05) is 18.2 Å². The number of alkyl halides is 2. The molecule has 0 amide bonds. The highest BCUT2D eigenvalue weighted by Crippen LogP contribution is 2.31. The molecule has 0 heterocycles. The smallest absolute Gasteiger partial charge is 0.387 e. The van der Waals surface area contributed by atoms with Gasteiger partial charge in [-0.3, -0.25) is 4.79 Å². The lowest BCUT2D eigenvalue weighted by Gasteiger charge is -2.22. The zero-order valence-electron chi connectivity index (χ0n) is 9.85. The molecule has 0 radical (unpaired) electrons. The van der Waals surface area contributed by atoms with Crippen LogP contribution in [0.5, 0.6) is 5.75 Å². The standard InChI is InChI=1S/C12H15F2NO3/c1-7(15)9(6-11(16)17)8-4-2-3-5-10(8)18-12(13)14/h2-5,7,9,12H,6,15H2,1H3,(H,16,17). The van der Waals surface area contributed by atoms with Crippen molar-refractivity contribution >= 4 is 5.97 Å². The fourth-order valence-electron chi connectivity index (χ4n) is 1.76. The zero-order chi connectivity index (χ0) is 13.7.